The van der Waals surface area contributed by atoms with Crippen LogP contribution in [0.25, 0.3) is 0 Å². The lowest BCUT2D eigenvalue weighted by molar-refractivity contribution is -0.139. The van der Waals surface area contributed by atoms with Crippen molar-refractivity contribution in [2.75, 3.05) is 26.4 Å². The molecule has 0 atom stereocenters. The molecule has 3 aromatic rings. The summed E-state index contributed by atoms with van der Waals surface area (Å²) in [6.45, 7) is 10.3. The van der Waals surface area contributed by atoms with E-state index < -0.39 is 5.97 Å². The van der Waals surface area contributed by atoms with E-state index >= 15 is 0 Å². The highest BCUT2D eigenvalue weighted by atomic mass is 16.6. The number of carbonyl (C=O) groups excluding carboxylic acids is 2. The fourth-order valence-corrected chi connectivity index (χ4v) is 4.00. The smallest absolute Gasteiger partial charge is 0.330 e. The molecule has 0 heterocycles. The Hall–Kier alpha value is -4.76. The van der Waals surface area contributed by atoms with Gasteiger partial charge in [0.05, 0.1) is 13.2 Å². The minimum atomic E-state index is -0.462. The van der Waals surface area contributed by atoms with Crippen molar-refractivity contribution >= 4 is 11.9 Å². The Morgan fingerprint density at radius 3 is 1.90 bits per heavy atom. The van der Waals surface area contributed by atoms with Gasteiger partial charge < -0.3 is 18.9 Å². The maximum Gasteiger partial charge on any atom is 0.330 e. The lowest BCUT2D eigenvalue weighted by Gasteiger charge is -2.08. The van der Waals surface area contributed by atoms with Crippen LogP contribution in [-0.2, 0) is 31.9 Å². The summed E-state index contributed by atoms with van der Waals surface area (Å²) in [7, 11) is 0. The maximum absolute atomic E-state index is 11.0. The average Bonchev–Trinajstić information content (AvgIpc) is 3.02. The third-order valence-electron chi connectivity index (χ3n) is 6.34. The molecule has 0 bridgehead atoms. The van der Waals surface area contributed by atoms with Crippen molar-refractivity contribution in [3.8, 4) is 23.3 Å². The van der Waals surface area contributed by atoms with Crippen LogP contribution in [0, 0.1) is 18.8 Å². The van der Waals surface area contributed by atoms with Gasteiger partial charge in [0, 0.05) is 23.3 Å². The van der Waals surface area contributed by atoms with Crippen molar-refractivity contribution in [2.45, 2.75) is 39.0 Å². The summed E-state index contributed by atoms with van der Waals surface area (Å²) in [4.78, 5) is 22.1. The van der Waals surface area contributed by atoms with Crippen molar-refractivity contribution in [3.63, 3.8) is 0 Å². The number of esters is 2. The first-order valence-corrected chi connectivity index (χ1v) is 14.1. The van der Waals surface area contributed by atoms with Crippen LogP contribution >= 0.6 is 0 Å². The fourth-order valence-electron chi connectivity index (χ4n) is 4.00. The van der Waals surface area contributed by atoms with E-state index in [0.717, 1.165) is 60.6 Å². The average molecular weight is 567 g/mol. The minimum Gasteiger partial charge on any atom is -0.494 e. The third kappa shape index (κ3) is 11.8. The van der Waals surface area contributed by atoms with E-state index in [0.29, 0.717) is 19.0 Å². The molecule has 0 saturated carbocycles. The second-order valence-corrected chi connectivity index (χ2v) is 9.57. The normalized spacial score (nSPS) is 10.1. The largest absolute Gasteiger partial charge is 0.494 e. The maximum atomic E-state index is 11.0. The molecule has 218 valence electrons. The highest BCUT2D eigenvalue weighted by molar-refractivity contribution is 5.81. The Kier molecular flexibility index (Phi) is 13.5. The number of aryl methyl sites for hydroxylation is 3. The molecule has 0 unspecified atom stereocenters. The van der Waals surface area contributed by atoms with Gasteiger partial charge in [-0.05, 0) is 98.2 Å². The highest BCUT2D eigenvalue weighted by Crippen LogP contribution is 2.17. The minimum absolute atomic E-state index is 0.171. The molecule has 0 aliphatic heterocycles. The predicted octanol–water partition coefficient (Wildman–Crippen LogP) is 6.57. The van der Waals surface area contributed by atoms with Crippen molar-refractivity contribution in [2.24, 2.45) is 0 Å². The van der Waals surface area contributed by atoms with Gasteiger partial charge in [-0.3, -0.25) is 0 Å². The number of hydrogen-bond acceptors (Lipinski definition) is 6. The van der Waals surface area contributed by atoms with Crippen molar-refractivity contribution in [3.05, 3.63) is 120 Å². The standard InChI is InChI=1S/C36H38O6/c1-4-35(37)41-24-8-6-7-23-39-33-19-13-29(14-20-33)9-10-31-12-18-32(28(3)27-31)17-11-30-15-21-34(22-16-30)40-25-26-42-36(38)5-2/h4-5,12-16,18-22,27H,1-2,6-10,23-26H2,3H3. The summed E-state index contributed by atoms with van der Waals surface area (Å²) < 4.78 is 21.3. The molecule has 0 aliphatic carbocycles. The molecule has 0 aliphatic rings. The van der Waals surface area contributed by atoms with Crippen LogP contribution in [0.3, 0.4) is 0 Å². The molecule has 0 amide bonds. The Bertz CT molecular complexity index is 1380. The van der Waals surface area contributed by atoms with Crippen molar-refractivity contribution in [1.82, 2.24) is 0 Å². The van der Waals surface area contributed by atoms with Gasteiger partial charge in [0.2, 0.25) is 0 Å². The molecular formula is C36H38O6. The van der Waals surface area contributed by atoms with Gasteiger partial charge in [0.1, 0.15) is 24.7 Å². The van der Waals surface area contributed by atoms with Crippen LogP contribution in [0.1, 0.15) is 47.1 Å². The van der Waals surface area contributed by atoms with E-state index in [9.17, 15) is 9.59 Å². The second-order valence-electron chi connectivity index (χ2n) is 9.57. The summed E-state index contributed by atoms with van der Waals surface area (Å²) in [5.41, 5.74) is 5.58. The van der Waals surface area contributed by atoms with Gasteiger partial charge >= 0.3 is 11.9 Å². The molecule has 6 nitrogen and oxygen atoms in total. The topological polar surface area (TPSA) is 71.1 Å². The van der Waals surface area contributed by atoms with Gasteiger partial charge in [-0.25, -0.2) is 9.59 Å². The van der Waals surface area contributed by atoms with Crippen LogP contribution in [0.15, 0.2) is 92.0 Å². The predicted molar refractivity (Wildman–Crippen MR) is 165 cm³/mol. The van der Waals surface area contributed by atoms with Crippen molar-refractivity contribution in [1.29, 1.82) is 0 Å². The Labute approximate surface area is 249 Å². The van der Waals surface area contributed by atoms with Crippen molar-refractivity contribution < 1.29 is 28.5 Å². The monoisotopic (exact) mass is 566 g/mol. The number of carbonyl (C=O) groups is 2. The highest BCUT2D eigenvalue weighted by Gasteiger charge is 2.02. The van der Waals surface area contributed by atoms with Gasteiger partial charge in [-0.2, -0.15) is 0 Å². The fraction of sp³-hybridized carbons (Fsp3) is 0.278. The van der Waals surface area contributed by atoms with Crippen LogP contribution in [0.2, 0.25) is 0 Å². The van der Waals surface area contributed by atoms with Gasteiger partial charge in [0.15, 0.2) is 0 Å². The molecule has 3 aromatic carbocycles. The summed E-state index contributed by atoms with van der Waals surface area (Å²) in [5, 5.41) is 0. The van der Waals surface area contributed by atoms with E-state index in [4.69, 9.17) is 18.9 Å². The van der Waals surface area contributed by atoms with E-state index in [2.05, 4.69) is 62.3 Å². The van der Waals surface area contributed by atoms with Crippen LogP contribution < -0.4 is 9.47 Å². The van der Waals surface area contributed by atoms with Crippen LogP contribution in [0.5, 0.6) is 11.5 Å². The first-order chi connectivity index (χ1) is 20.5. The number of rotatable bonds is 16. The molecular weight excluding hydrogens is 528 g/mol. The lowest BCUT2D eigenvalue weighted by atomic mass is 10.00. The molecule has 0 N–H and O–H groups in total. The van der Waals surface area contributed by atoms with E-state index in [-0.39, 0.29) is 19.2 Å². The van der Waals surface area contributed by atoms with Gasteiger partial charge in [-0.1, -0.05) is 49.3 Å². The van der Waals surface area contributed by atoms with E-state index in [1.54, 1.807) is 0 Å². The molecule has 0 aromatic heterocycles. The Morgan fingerprint density at radius 2 is 1.24 bits per heavy atom. The molecule has 3 rings (SSSR count). The quantitative estimate of drug-likeness (QED) is 0.0846. The second kappa shape index (κ2) is 17.8. The summed E-state index contributed by atoms with van der Waals surface area (Å²) >= 11 is 0. The van der Waals surface area contributed by atoms with E-state index in [1.807, 2.05) is 36.4 Å². The number of ether oxygens (including phenoxy) is 4. The van der Waals surface area contributed by atoms with Crippen LogP contribution in [-0.4, -0.2) is 38.4 Å². The SMILES string of the molecule is C=CC(=O)OCCCCCOc1ccc(CCc2ccc(C#Cc3ccc(OCCOC(=O)C=C)cc3)c(C)c2)cc1. The first kappa shape index (κ1) is 31.8. The molecule has 0 spiro atoms. The number of hydrogen-bond donors (Lipinski definition) is 0. The van der Waals surface area contributed by atoms with Crippen LogP contribution in [0.4, 0.5) is 0 Å². The zero-order valence-electron chi connectivity index (χ0n) is 24.2. The molecule has 42 heavy (non-hydrogen) atoms. The summed E-state index contributed by atoms with van der Waals surface area (Å²) in [5.74, 6) is 7.20. The third-order valence-corrected chi connectivity index (χ3v) is 6.34. The van der Waals surface area contributed by atoms with Gasteiger partial charge in [0.25, 0.3) is 0 Å². The van der Waals surface area contributed by atoms with E-state index in [1.165, 1.54) is 17.2 Å². The summed E-state index contributed by atoms with van der Waals surface area (Å²) in [6.07, 6.45) is 6.86. The number of unbranched alkanes of at least 4 members (excludes halogenated alkanes) is 2. The zero-order chi connectivity index (χ0) is 30.0. The number of benzene rings is 3. The Balaban J connectivity index is 1.39. The zero-order valence-corrected chi connectivity index (χ0v) is 24.2. The molecule has 6 heteroatoms. The lowest BCUT2D eigenvalue weighted by Crippen LogP contribution is -2.10. The summed E-state index contributed by atoms with van der Waals surface area (Å²) in [6, 6.07) is 22.2. The molecule has 0 saturated heterocycles. The molecule has 0 fully saturated rings. The van der Waals surface area contributed by atoms with Gasteiger partial charge in [-0.15, -0.1) is 0 Å². The first-order valence-electron chi connectivity index (χ1n) is 14.1. The Morgan fingerprint density at radius 1 is 0.667 bits per heavy atom. The molecule has 0 radical (unpaired) electrons.